The molecular weight excluding hydrogens is 292 g/mol. The Labute approximate surface area is 136 Å². The highest BCUT2D eigenvalue weighted by atomic mass is 16.2. The molecule has 0 saturated heterocycles. The van der Waals surface area contributed by atoms with Crippen molar-refractivity contribution in [1.29, 1.82) is 0 Å². The maximum atomic E-state index is 12.1. The number of amides is 2. The highest BCUT2D eigenvalue weighted by molar-refractivity contribution is 5.95. The molecule has 1 heterocycles. The molecule has 6 nitrogen and oxygen atoms in total. The van der Waals surface area contributed by atoms with Gasteiger partial charge in [-0.2, -0.15) is 0 Å². The van der Waals surface area contributed by atoms with Crippen LogP contribution in [-0.2, 0) is 16.1 Å². The lowest BCUT2D eigenvalue weighted by atomic mass is 9.96. The maximum Gasteiger partial charge on any atom is 0.246 e. The number of carbonyl (C=O) groups excluding carboxylic acids is 2. The van der Waals surface area contributed by atoms with Gasteiger partial charge in [0.25, 0.3) is 0 Å². The molecule has 2 rings (SSSR count). The van der Waals surface area contributed by atoms with Crippen LogP contribution in [0.25, 0.3) is 11.0 Å². The molecule has 0 radical (unpaired) electrons. The number of carbonyl (C=O) groups is 2. The Balaban J connectivity index is 2.10. The molecule has 1 aromatic carbocycles. The van der Waals surface area contributed by atoms with Gasteiger partial charge in [-0.05, 0) is 18.6 Å². The number of rotatable bonds is 5. The fraction of sp³-hybridized carbons (Fsp3) is 0.471. The number of hydrogen-bond acceptors (Lipinski definition) is 3. The lowest BCUT2D eigenvalue weighted by Crippen LogP contribution is -2.39. The number of imidazole rings is 1. The fourth-order valence-electron chi connectivity index (χ4n) is 2.22. The van der Waals surface area contributed by atoms with Crippen LogP contribution in [0, 0.1) is 5.41 Å². The van der Waals surface area contributed by atoms with Gasteiger partial charge >= 0.3 is 0 Å². The SMILES string of the molecule is CCCn1c(NC(=O)CNC(=O)C(C)(C)C)nc2ccccc21. The van der Waals surface area contributed by atoms with Crippen molar-refractivity contribution in [2.45, 2.75) is 40.7 Å². The molecule has 0 aliphatic carbocycles. The predicted molar refractivity (Wildman–Crippen MR) is 91.1 cm³/mol. The number of nitrogens with one attached hydrogen (secondary N) is 2. The number of benzene rings is 1. The summed E-state index contributed by atoms with van der Waals surface area (Å²) in [4.78, 5) is 28.4. The first-order valence-corrected chi connectivity index (χ1v) is 7.86. The number of aromatic nitrogens is 2. The highest BCUT2D eigenvalue weighted by Gasteiger charge is 2.21. The number of fused-ring (bicyclic) bond motifs is 1. The minimum absolute atomic E-state index is 0.0641. The summed E-state index contributed by atoms with van der Waals surface area (Å²) < 4.78 is 1.98. The van der Waals surface area contributed by atoms with E-state index in [0.29, 0.717) is 5.95 Å². The van der Waals surface area contributed by atoms with Gasteiger partial charge in [-0.15, -0.1) is 0 Å². The summed E-state index contributed by atoms with van der Waals surface area (Å²) in [7, 11) is 0. The molecule has 2 amide bonds. The van der Waals surface area contributed by atoms with Crippen LogP contribution in [0.5, 0.6) is 0 Å². The summed E-state index contributed by atoms with van der Waals surface area (Å²) in [5.74, 6) is 0.0769. The Hall–Kier alpha value is -2.37. The molecule has 2 N–H and O–H groups in total. The summed E-state index contributed by atoms with van der Waals surface area (Å²) >= 11 is 0. The molecule has 6 heteroatoms. The summed E-state index contributed by atoms with van der Waals surface area (Å²) in [5.41, 5.74) is 1.31. The lowest BCUT2D eigenvalue weighted by Gasteiger charge is -2.17. The fourth-order valence-corrected chi connectivity index (χ4v) is 2.22. The number of aryl methyl sites for hydroxylation is 1. The van der Waals surface area contributed by atoms with E-state index in [1.807, 2.05) is 28.8 Å². The maximum absolute atomic E-state index is 12.1. The largest absolute Gasteiger partial charge is 0.347 e. The Morgan fingerprint density at radius 3 is 2.57 bits per heavy atom. The summed E-state index contributed by atoms with van der Waals surface area (Å²) in [5, 5.41) is 5.43. The zero-order chi connectivity index (χ0) is 17.0. The number of anilines is 1. The van der Waals surface area contributed by atoms with E-state index in [-0.39, 0.29) is 18.4 Å². The van der Waals surface area contributed by atoms with E-state index in [0.717, 1.165) is 24.0 Å². The summed E-state index contributed by atoms with van der Waals surface area (Å²) in [6, 6.07) is 7.76. The van der Waals surface area contributed by atoms with Crippen LogP contribution in [0.2, 0.25) is 0 Å². The van der Waals surface area contributed by atoms with Crippen molar-refractivity contribution in [2.75, 3.05) is 11.9 Å². The van der Waals surface area contributed by atoms with Crippen molar-refractivity contribution in [3.05, 3.63) is 24.3 Å². The third kappa shape index (κ3) is 4.09. The van der Waals surface area contributed by atoms with Gasteiger partial charge in [-0.25, -0.2) is 4.98 Å². The van der Waals surface area contributed by atoms with Crippen molar-refractivity contribution in [2.24, 2.45) is 5.41 Å². The first kappa shape index (κ1) is 17.0. The summed E-state index contributed by atoms with van der Waals surface area (Å²) in [6.07, 6.45) is 0.935. The van der Waals surface area contributed by atoms with Gasteiger partial charge < -0.3 is 9.88 Å². The van der Waals surface area contributed by atoms with E-state index in [9.17, 15) is 9.59 Å². The molecule has 0 aliphatic rings. The first-order chi connectivity index (χ1) is 10.8. The smallest absolute Gasteiger partial charge is 0.246 e. The zero-order valence-corrected chi connectivity index (χ0v) is 14.1. The molecule has 0 bridgehead atoms. The van der Waals surface area contributed by atoms with E-state index < -0.39 is 5.41 Å². The second kappa shape index (κ2) is 6.81. The number of para-hydroxylation sites is 2. The molecule has 0 aliphatic heterocycles. The van der Waals surface area contributed by atoms with E-state index in [4.69, 9.17) is 0 Å². The lowest BCUT2D eigenvalue weighted by molar-refractivity contribution is -0.130. The topological polar surface area (TPSA) is 76.0 Å². The monoisotopic (exact) mass is 316 g/mol. The molecule has 0 atom stereocenters. The third-order valence-corrected chi connectivity index (χ3v) is 3.44. The van der Waals surface area contributed by atoms with Crippen LogP contribution in [0.1, 0.15) is 34.1 Å². The number of nitrogens with zero attached hydrogens (tertiary/aromatic N) is 2. The standard InChI is InChI=1S/C17H24N4O2/c1-5-10-21-13-9-7-6-8-12(13)19-16(21)20-14(22)11-18-15(23)17(2,3)4/h6-9H,5,10-11H2,1-4H3,(H,18,23)(H,19,20,22). The highest BCUT2D eigenvalue weighted by Crippen LogP contribution is 2.20. The molecule has 0 fully saturated rings. The zero-order valence-electron chi connectivity index (χ0n) is 14.1. The van der Waals surface area contributed by atoms with Crippen LogP contribution < -0.4 is 10.6 Å². The van der Waals surface area contributed by atoms with Gasteiger partial charge in [0.2, 0.25) is 17.8 Å². The van der Waals surface area contributed by atoms with Crippen molar-refractivity contribution < 1.29 is 9.59 Å². The van der Waals surface area contributed by atoms with E-state index in [1.165, 1.54) is 0 Å². The molecule has 2 aromatic rings. The van der Waals surface area contributed by atoms with Gasteiger partial charge in [0.15, 0.2) is 0 Å². The van der Waals surface area contributed by atoms with Crippen molar-refractivity contribution in [3.63, 3.8) is 0 Å². The van der Waals surface area contributed by atoms with Gasteiger partial charge in [-0.1, -0.05) is 39.8 Å². The normalized spacial score (nSPS) is 11.5. The molecule has 0 saturated carbocycles. The second-order valence-corrected chi connectivity index (χ2v) is 6.56. The van der Waals surface area contributed by atoms with Gasteiger partial charge in [0.05, 0.1) is 17.6 Å². The van der Waals surface area contributed by atoms with Gasteiger partial charge in [-0.3, -0.25) is 14.9 Å². The van der Waals surface area contributed by atoms with Crippen molar-refractivity contribution in [1.82, 2.24) is 14.9 Å². The van der Waals surface area contributed by atoms with Crippen LogP contribution in [0.15, 0.2) is 24.3 Å². The Morgan fingerprint density at radius 2 is 1.91 bits per heavy atom. The minimum atomic E-state index is -0.518. The van der Waals surface area contributed by atoms with Crippen LogP contribution in [-0.4, -0.2) is 27.9 Å². The van der Waals surface area contributed by atoms with Gasteiger partial charge in [0.1, 0.15) is 0 Å². The molecular formula is C17H24N4O2. The Bertz CT molecular complexity index is 713. The van der Waals surface area contributed by atoms with Crippen molar-refractivity contribution in [3.8, 4) is 0 Å². The van der Waals surface area contributed by atoms with Crippen LogP contribution in [0.3, 0.4) is 0 Å². The molecule has 124 valence electrons. The number of hydrogen-bond donors (Lipinski definition) is 2. The quantitative estimate of drug-likeness (QED) is 0.890. The van der Waals surface area contributed by atoms with E-state index in [1.54, 1.807) is 20.8 Å². The van der Waals surface area contributed by atoms with Crippen LogP contribution >= 0.6 is 0 Å². The molecule has 0 unspecified atom stereocenters. The van der Waals surface area contributed by atoms with E-state index >= 15 is 0 Å². The molecule has 1 aromatic heterocycles. The average Bonchev–Trinajstić information content (AvgIpc) is 2.82. The average molecular weight is 316 g/mol. The molecule has 0 spiro atoms. The van der Waals surface area contributed by atoms with Crippen molar-refractivity contribution >= 4 is 28.8 Å². The Kier molecular flexibility index (Phi) is 5.03. The first-order valence-electron chi connectivity index (χ1n) is 7.86. The Morgan fingerprint density at radius 1 is 1.22 bits per heavy atom. The second-order valence-electron chi connectivity index (χ2n) is 6.56. The molecule has 23 heavy (non-hydrogen) atoms. The third-order valence-electron chi connectivity index (χ3n) is 3.44. The minimum Gasteiger partial charge on any atom is -0.347 e. The van der Waals surface area contributed by atoms with E-state index in [2.05, 4.69) is 22.5 Å². The summed E-state index contributed by atoms with van der Waals surface area (Å²) in [6.45, 7) is 8.20. The predicted octanol–water partition coefficient (Wildman–Crippen LogP) is 2.55. The van der Waals surface area contributed by atoms with Gasteiger partial charge in [0, 0.05) is 12.0 Å². The van der Waals surface area contributed by atoms with Crippen LogP contribution in [0.4, 0.5) is 5.95 Å².